The average molecular weight is 224 g/mol. The summed E-state index contributed by atoms with van der Waals surface area (Å²) in [5.74, 6) is 1.36. The molecule has 0 amide bonds. The Morgan fingerprint density at radius 3 is 2.94 bits per heavy atom. The molecule has 1 aromatic carbocycles. The Morgan fingerprint density at radius 2 is 2.31 bits per heavy atom. The summed E-state index contributed by atoms with van der Waals surface area (Å²) in [4.78, 5) is 0. The molecule has 88 valence electrons. The Kier molecular flexibility index (Phi) is 3.64. The first-order valence-electron chi connectivity index (χ1n) is 5.35. The monoisotopic (exact) mass is 224 g/mol. The van der Waals surface area contributed by atoms with E-state index in [1.165, 1.54) is 0 Å². The Balaban J connectivity index is 2.15. The van der Waals surface area contributed by atoms with Gasteiger partial charge in [-0.05, 0) is 17.7 Å². The minimum Gasteiger partial charge on any atom is -0.493 e. The van der Waals surface area contributed by atoms with Crippen molar-refractivity contribution in [2.45, 2.75) is 19.1 Å². The van der Waals surface area contributed by atoms with E-state index in [1.54, 1.807) is 19.2 Å². The van der Waals surface area contributed by atoms with Crippen molar-refractivity contribution in [1.29, 1.82) is 0 Å². The van der Waals surface area contributed by atoms with E-state index in [0.29, 0.717) is 18.1 Å². The van der Waals surface area contributed by atoms with Gasteiger partial charge in [0.1, 0.15) is 6.10 Å². The molecule has 1 N–H and O–H groups in total. The predicted octanol–water partition coefficient (Wildman–Crippen LogP) is 1.36. The quantitative estimate of drug-likeness (QED) is 0.838. The molecule has 1 aliphatic rings. The minimum atomic E-state index is 0.00151. The lowest BCUT2D eigenvalue weighted by atomic mass is 10.2. The average Bonchev–Trinajstić information content (AvgIpc) is 2.82. The molecule has 4 nitrogen and oxygen atoms in total. The normalized spacial score (nSPS) is 19.8. The van der Waals surface area contributed by atoms with E-state index in [4.69, 9.17) is 19.3 Å². The largest absolute Gasteiger partial charge is 0.493 e. The van der Waals surface area contributed by atoms with E-state index in [0.717, 1.165) is 18.6 Å². The summed E-state index contributed by atoms with van der Waals surface area (Å²) in [6.07, 6.45) is 0.981. The summed E-state index contributed by atoms with van der Waals surface area (Å²) >= 11 is 0. The summed E-state index contributed by atoms with van der Waals surface area (Å²) in [6.45, 7) is 1.36. The summed E-state index contributed by atoms with van der Waals surface area (Å²) in [5, 5.41) is 9.07. The van der Waals surface area contributed by atoms with Gasteiger partial charge in [-0.15, -0.1) is 0 Å². The van der Waals surface area contributed by atoms with Crippen molar-refractivity contribution in [1.82, 2.24) is 0 Å². The molecule has 1 saturated heterocycles. The number of aliphatic hydroxyl groups is 1. The van der Waals surface area contributed by atoms with E-state index >= 15 is 0 Å². The third-order valence-electron chi connectivity index (χ3n) is 2.59. The molecule has 1 unspecified atom stereocenters. The lowest BCUT2D eigenvalue weighted by Crippen LogP contribution is -2.16. The lowest BCUT2D eigenvalue weighted by molar-refractivity contribution is 0.138. The van der Waals surface area contributed by atoms with E-state index in [1.807, 2.05) is 6.07 Å². The van der Waals surface area contributed by atoms with Gasteiger partial charge in [-0.3, -0.25) is 0 Å². The van der Waals surface area contributed by atoms with Crippen molar-refractivity contribution in [3.8, 4) is 11.5 Å². The first kappa shape index (κ1) is 11.2. The Labute approximate surface area is 94.8 Å². The van der Waals surface area contributed by atoms with Crippen molar-refractivity contribution >= 4 is 0 Å². The first-order chi connectivity index (χ1) is 7.83. The smallest absolute Gasteiger partial charge is 0.162 e. The molecular formula is C12H16O4. The molecule has 0 aliphatic carbocycles. The van der Waals surface area contributed by atoms with Crippen LogP contribution in [0.4, 0.5) is 0 Å². The maximum absolute atomic E-state index is 9.07. The van der Waals surface area contributed by atoms with Crippen LogP contribution in [0.25, 0.3) is 0 Å². The third kappa shape index (κ3) is 2.46. The molecule has 0 radical (unpaired) electrons. The van der Waals surface area contributed by atoms with Crippen LogP contribution in [-0.4, -0.2) is 31.5 Å². The van der Waals surface area contributed by atoms with Crippen LogP contribution in [0, 0.1) is 0 Å². The van der Waals surface area contributed by atoms with Gasteiger partial charge in [-0.1, -0.05) is 6.07 Å². The second kappa shape index (κ2) is 5.18. The fourth-order valence-electron chi connectivity index (χ4n) is 1.70. The summed E-state index contributed by atoms with van der Waals surface area (Å²) in [6, 6.07) is 5.42. The maximum Gasteiger partial charge on any atom is 0.162 e. The summed E-state index contributed by atoms with van der Waals surface area (Å²) in [5.41, 5.74) is 0.815. The van der Waals surface area contributed by atoms with Gasteiger partial charge in [0, 0.05) is 6.42 Å². The van der Waals surface area contributed by atoms with Crippen LogP contribution in [-0.2, 0) is 11.3 Å². The van der Waals surface area contributed by atoms with Gasteiger partial charge in [0.15, 0.2) is 11.5 Å². The number of benzene rings is 1. The van der Waals surface area contributed by atoms with Crippen molar-refractivity contribution in [2.75, 3.05) is 20.3 Å². The summed E-state index contributed by atoms with van der Waals surface area (Å²) < 4.78 is 16.2. The van der Waals surface area contributed by atoms with Crippen LogP contribution in [0.5, 0.6) is 11.5 Å². The fraction of sp³-hybridized carbons (Fsp3) is 0.500. The highest BCUT2D eigenvalue weighted by Gasteiger charge is 2.19. The second-order valence-electron chi connectivity index (χ2n) is 3.75. The zero-order chi connectivity index (χ0) is 11.4. The van der Waals surface area contributed by atoms with Gasteiger partial charge in [-0.25, -0.2) is 0 Å². The van der Waals surface area contributed by atoms with Crippen LogP contribution in [0.3, 0.4) is 0 Å². The molecule has 1 aromatic rings. The van der Waals surface area contributed by atoms with Crippen LogP contribution in [0.2, 0.25) is 0 Å². The van der Waals surface area contributed by atoms with Crippen molar-refractivity contribution in [2.24, 2.45) is 0 Å². The van der Waals surface area contributed by atoms with Crippen LogP contribution in [0.15, 0.2) is 18.2 Å². The van der Waals surface area contributed by atoms with Crippen LogP contribution < -0.4 is 9.47 Å². The molecule has 0 spiro atoms. The highest BCUT2D eigenvalue weighted by molar-refractivity contribution is 5.42. The van der Waals surface area contributed by atoms with Gasteiger partial charge in [0.25, 0.3) is 0 Å². The van der Waals surface area contributed by atoms with Gasteiger partial charge in [0.2, 0.25) is 0 Å². The van der Waals surface area contributed by atoms with E-state index in [2.05, 4.69) is 0 Å². The van der Waals surface area contributed by atoms with Crippen molar-refractivity contribution < 1.29 is 19.3 Å². The van der Waals surface area contributed by atoms with E-state index < -0.39 is 0 Å². The molecule has 1 fully saturated rings. The molecule has 1 aliphatic heterocycles. The molecule has 0 aromatic heterocycles. The topological polar surface area (TPSA) is 47.9 Å². The molecule has 0 saturated carbocycles. The lowest BCUT2D eigenvalue weighted by Gasteiger charge is -2.15. The number of hydrogen-bond acceptors (Lipinski definition) is 4. The number of methoxy groups -OCH3 is 1. The minimum absolute atomic E-state index is 0.00151. The first-order valence-corrected chi connectivity index (χ1v) is 5.35. The molecule has 0 bridgehead atoms. The zero-order valence-electron chi connectivity index (χ0n) is 9.31. The Morgan fingerprint density at radius 1 is 1.44 bits per heavy atom. The highest BCUT2D eigenvalue weighted by Crippen LogP contribution is 2.30. The number of hydrogen-bond donors (Lipinski definition) is 1. The number of rotatable bonds is 4. The van der Waals surface area contributed by atoms with E-state index in [9.17, 15) is 0 Å². The molecule has 16 heavy (non-hydrogen) atoms. The van der Waals surface area contributed by atoms with Crippen LogP contribution in [0.1, 0.15) is 12.0 Å². The maximum atomic E-state index is 9.07. The van der Waals surface area contributed by atoms with Crippen LogP contribution >= 0.6 is 0 Å². The molecular weight excluding hydrogens is 208 g/mol. The Hall–Kier alpha value is -1.26. The molecule has 1 atom stereocenters. The molecule has 2 rings (SSSR count). The summed E-state index contributed by atoms with van der Waals surface area (Å²) in [7, 11) is 1.60. The number of aliphatic hydroxyl groups excluding tert-OH is 1. The van der Waals surface area contributed by atoms with Gasteiger partial charge in [-0.2, -0.15) is 0 Å². The number of ether oxygens (including phenoxy) is 3. The van der Waals surface area contributed by atoms with Gasteiger partial charge >= 0.3 is 0 Å². The van der Waals surface area contributed by atoms with E-state index in [-0.39, 0.29) is 12.7 Å². The SMILES string of the molecule is COc1ccc(CO)cc1OC1CCOC1. The fourth-order valence-corrected chi connectivity index (χ4v) is 1.70. The zero-order valence-corrected chi connectivity index (χ0v) is 9.31. The van der Waals surface area contributed by atoms with Crippen molar-refractivity contribution in [3.63, 3.8) is 0 Å². The third-order valence-corrected chi connectivity index (χ3v) is 2.59. The predicted molar refractivity (Wildman–Crippen MR) is 58.8 cm³/mol. The van der Waals surface area contributed by atoms with Gasteiger partial charge in [0.05, 0.1) is 26.9 Å². The highest BCUT2D eigenvalue weighted by atomic mass is 16.6. The molecule has 1 heterocycles. The second-order valence-corrected chi connectivity index (χ2v) is 3.75. The Bertz CT molecular complexity index is 345. The van der Waals surface area contributed by atoms with Gasteiger partial charge < -0.3 is 19.3 Å². The van der Waals surface area contributed by atoms with Crippen molar-refractivity contribution in [3.05, 3.63) is 23.8 Å². The standard InChI is InChI=1S/C12H16O4/c1-14-11-3-2-9(7-13)6-12(11)16-10-4-5-15-8-10/h2-3,6,10,13H,4-5,7-8H2,1H3. The molecule has 4 heteroatoms.